The zero-order chi connectivity index (χ0) is 17.0. The van der Waals surface area contributed by atoms with Crippen molar-refractivity contribution < 1.29 is 22.7 Å². The second kappa shape index (κ2) is 7.21. The van der Waals surface area contributed by atoms with Gasteiger partial charge in [-0.15, -0.1) is 0 Å². The molecule has 2 atom stereocenters. The molecular weight excluding hydrogens is 309 g/mol. The smallest absolute Gasteiger partial charge is 0.372 e. The van der Waals surface area contributed by atoms with Gasteiger partial charge in [-0.25, -0.2) is 4.79 Å². The molecule has 1 N–H and O–H groups in total. The summed E-state index contributed by atoms with van der Waals surface area (Å²) in [6.45, 7) is 5.29. The number of urea groups is 1. The van der Waals surface area contributed by atoms with E-state index in [0.29, 0.717) is 26.1 Å². The molecule has 1 fully saturated rings. The first-order valence-electron chi connectivity index (χ1n) is 7.60. The number of ether oxygens (including phenoxy) is 1. The standard InChI is InChI=1S/C16H21F3N2O2/c1-11-9-21(10-12(2)23-11)15(22)20-8-7-13-3-5-14(6-4-13)16(17,18)19/h3-6,11-12H,7-10H2,1-2H3,(H,20,22)/t11-,12-/m0/s1. The summed E-state index contributed by atoms with van der Waals surface area (Å²) in [5, 5.41) is 2.80. The van der Waals surface area contributed by atoms with E-state index in [1.54, 1.807) is 4.90 Å². The Bertz CT molecular complexity index is 521. The monoisotopic (exact) mass is 330 g/mol. The summed E-state index contributed by atoms with van der Waals surface area (Å²) in [5.74, 6) is 0. The van der Waals surface area contributed by atoms with Crippen LogP contribution in [0.5, 0.6) is 0 Å². The molecule has 0 aromatic heterocycles. The molecule has 7 heteroatoms. The molecule has 2 rings (SSSR count). The third kappa shape index (κ3) is 5.13. The van der Waals surface area contributed by atoms with Crippen molar-refractivity contribution in [1.82, 2.24) is 10.2 Å². The van der Waals surface area contributed by atoms with Gasteiger partial charge >= 0.3 is 12.2 Å². The number of nitrogens with one attached hydrogen (secondary N) is 1. The fraction of sp³-hybridized carbons (Fsp3) is 0.562. The van der Waals surface area contributed by atoms with E-state index in [1.165, 1.54) is 12.1 Å². The van der Waals surface area contributed by atoms with E-state index in [2.05, 4.69) is 5.32 Å². The minimum absolute atomic E-state index is 0.000544. The van der Waals surface area contributed by atoms with E-state index >= 15 is 0 Å². The van der Waals surface area contributed by atoms with Crippen LogP contribution in [0, 0.1) is 0 Å². The predicted octanol–water partition coefficient (Wildman–Crippen LogP) is 3.07. The molecule has 1 aliphatic heterocycles. The average Bonchev–Trinajstić information content (AvgIpc) is 2.45. The highest BCUT2D eigenvalue weighted by atomic mass is 19.4. The van der Waals surface area contributed by atoms with Gasteiger partial charge in [0.25, 0.3) is 0 Å². The summed E-state index contributed by atoms with van der Waals surface area (Å²) in [6, 6.07) is 4.83. The van der Waals surface area contributed by atoms with Gasteiger partial charge in [0.05, 0.1) is 17.8 Å². The van der Waals surface area contributed by atoms with Crippen molar-refractivity contribution >= 4 is 6.03 Å². The van der Waals surface area contributed by atoms with Crippen LogP contribution in [0.3, 0.4) is 0 Å². The Hall–Kier alpha value is -1.76. The number of alkyl halides is 3. The third-order valence-electron chi connectivity index (χ3n) is 3.68. The molecule has 0 spiro atoms. The Morgan fingerprint density at radius 2 is 1.78 bits per heavy atom. The van der Waals surface area contributed by atoms with Crippen LogP contribution in [0.2, 0.25) is 0 Å². The van der Waals surface area contributed by atoms with Gasteiger partial charge in [0, 0.05) is 19.6 Å². The van der Waals surface area contributed by atoms with Crippen molar-refractivity contribution in [2.45, 2.75) is 38.7 Å². The number of benzene rings is 1. The Morgan fingerprint density at radius 3 is 2.30 bits per heavy atom. The zero-order valence-electron chi connectivity index (χ0n) is 13.2. The lowest BCUT2D eigenvalue weighted by molar-refractivity contribution is -0.137. The van der Waals surface area contributed by atoms with Gasteiger partial charge in [-0.05, 0) is 38.0 Å². The maximum absolute atomic E-state index is 12.5. The first kappa shape index (κ1) is 17.6. The number of morpholine rings is 1. The molecule has 4 nitrogen and oxygen atoms in total. The molecule has 0 aliphatic carbocycles. The van der Waals surface area contributed by atoms with E-state index in [4.69, 9.17) is 4.74 Å². The predicted molar refractivity (Wildman–Crippen MR) is 80.1 cm³/mol. The van der Waals surface area contributed by atoms with Crippen LogP contribution < -0.4 is 5.32 Å². The Morgan fingerprint density at radius 1 is 1.22 bits per heavy atom. The highest BCUT2D eigenvalue weighted by molar-refractivity contribution is 5.74. The minimum atomic E-state index is -4.32. The van der Waals surface area contributed by atoms with E-state index in [9.17, 15) is 18.0 Å². The van der Waals surface area contributed by atoms with Gasteiger partial charge in [0.2, 0.25) is 0 Å². The van der Waals surface area contributed by atoms with Crippen molar-refractivity contribution in [3.63, 3.8) is 0 Å². The third-order valence-corrected chi connectivity index (χ3v) is 3.68. The highest BCUT2D eigenvalue weighted by Crippen LogP contribution is 2.29. The van der Waals surface area contributed by atoms with Crippen molar-refractivity contribution in [1.29, 1.82) is 0 Å². The maximum atomic E-state index is 12.5. The Balaban J connectivity index is 1.79. The summed E-state index contributed by atoms with van der Waals surface area (Å²) in [7, 11) is 0. The normalized spacial score (nSPS) is 22.0. The van der Waals surface area contributed by atoms with E-state index in [-0.39, 0.29) is 18.2 Å². The second-order valence-corrected chi connectivity index (χ2v) is 5.84. The van der Waals surface area contributed by atoms with Crippen LogP contribution in [0.1, 0.15) is 25.0 Å². The quantitative estimate of drug-likeness (QED) is 0.925. The second-order valence-electron chi connectivity index (χ2n) is 5.84. The van der Waals surface area contributed by atoms with Crippen molar-refractivity contribution in [2.75, 3.05) is 19.6 Å². The molecule has 1 heterocycles. The van der Waals surface area contributed by atoms with Crippen molar-refractivity contribution in [3.8, 4) is 0 Å². The highest BCUT2D eigenvalue weighted by Gasteiger charge is 2.30. The van der Waals surface area contributed by atoms with Crippen LogP contribution in [0.15, 0.2) is 24.3 Å². The first-order chi connectivity index (χ1) is 10.8. The van der Waals surface area contributed by atoms with Gasteiger partial charge in [-0.1, -0.05) is 12.1 Å². The summed E-state index contributed by atoms with van der Waals surface area (Å²) < 4.78 is 43.0. The Kier molecular flexibility index (Phi) is 5.51. The van der Waals surface area contributed by atoms with Crippen LogP contribution in [-0.2, 0) is 17.3 Å². The Labute approximate surface area is 133 Å². The average molecular weight is 330 g/mol. The van der Waals surface area contributed by atoms with Crippen LogP contribution in [0.25, 0.3) is 0 Å². The number of hydrogen-bond donors (Lipinski definition) is 1. The largest absolute Gasteiger partial charge is 0.416 e. The number of carbonyl (C=O) groups is 1. The molecule has 128 valence electrons. The van der Waals surface area contributed by atoms with Gasteiger partial charge in [0.1, 0.15) is 0 Å². The molecule has 0 radical (unpaired) electrons. The molecule has 2 amide bonds. The topological polar surface area (TPSA) is 41.6 Å². The van der Waals surface area contributed by atoms with Crippen molar-refractivity contribution in [2.24, 2.45) is 0 Å². The molecule has 0 unspecified atom stereocenters. The fourth-order valence-electron chi connectivity index (χ4n) is 2.63. The van der Waals surface area contributed by atoms with Crippen LogP contribution >= 0.6 is 0 Å². The van der Waals surface area contributed by atoms with E-state index in [1.807, 2.05) is 13.8 Å². The van der Waals surface area contributed by atoms with E-state index < -0.39 is 11.7 Å². The lowest BCUT2D eigenvalue weighted by atomic mass is 10.1. The fourth-order valence-corrected chi connectivity index (χ4v) is 2.63. The number of carbonyl (C=O) groups excluding carboxylic acids is 1. The minimum Gasteiger partial charge on any atom is -0.372 e. The lowest BCUT2D eigenvalue weighted by Crippen LogP contribution is -2.51. The SMILES string of the molecule is C[C@H]1CN(C(=O)NCCc2ccc(C(F)(F)F)cc2)C[C@H](C)O1. The number of rotatable bonds is 3. The number of hydrogen-bond acceptors (Lipinski definition) is 2. The van der Waals surface area contributed by atoms with Gasteiger partial charge < -0.3 is 15.0 Å². The molecule has 1 saturated heterocycles. The summed E-state index contributed by atoms with van der Waals surface area (Å²) in [4.78, 5) is 13.8. The summed E-state index contributed by atoms with van der Waals surface area (Å²) in [6.07, 6.45) is -3.84. The van der Waals surface area contributed by atoms with Crippen LogP contribution in [0.4, 0.5) is 18.0 Å². The van der Waals surface area contributed by atoms with Crippen LogP contribution in [-0.4, -0.2) is 42.8 Å². The van der Waals surface area contributed by atoms with Gasteiger partial charge in [-0.2, -0.15) is 13.2 Å². The molecule has 0 bridgehead atoms. The lowest BCUT2D eigenvalue weighted by Gasteiger charge is -2.35. The molecule has 23 heavy (non-hydrogen) atoms. The maximum Gasteiger partial charge on any atom is 0.416 e. The molecule has 1 aliphatic rings. The summed E-state index contributed by atoms with van der Waals surface area (Å²) in [5.41, 5.74) is 0.0867. The molecule has 1 aromatic rings. The number of nitrogens with zero attached hydrogens (tertiary/aromatic N) is 1. The molecule has 0 saturated carbocycles. The first-order valence-corrected chi connectivity index (χ1v) is 7.60. The van der Waals surface area contributed by atoms with Gasteiger partial charge in [0.15, 0.2) is 0 Å². The van der Waals surface area contributed by atoms with E-state index in [0.717, 1.165) is 17.7 Å². The summed E-state index contributed by atoms with van der Waals surface area (Å²) >= 11 is 0. The zero-order valence-corrected chi connectivity index (χ0v) is 13.2. The molecule has 1 aromatic carbocycles. The molecular formula is C16H21F3N2O2. The number of amides is 2. The number of halogens is 3. The van der Waals surface area contributed by atoms with Gasteiger partial charge in [-0.3, -0.25) is 0 Å². The van der Waals surface area contributed by atoms with Crippen molar-refractivity contribution in [3.05, 3.63) is 35.4 Å².